The Morgan fingerprint density at radius 2 is 2.11 bits per heavy atom. The number of sulfone groups is 1. The fraction of sp³-hybridized carbons (Fsp3) is 0.571. The lowest BCUT2D eigenvalue weighted by Gasteiger charge is -2.14. The van der Waals surface area contributed by atoms with Crippen LogP contribution in [-0.4, -0.2) is 19.4 Å². The van der Waals surface area contributed by atoms with Gasteiger partial charge in [0.25, 0.3) is 0 Å². The van der Waals surface area contributed by atoms with Crippen LogP contribution in [0.25, 0.3) is 0 Å². The fourth-order valence-electron chi connectivity index (χ4n) is 2.49. The van der Waals surface area contributed by atoms with Crippen LogP contribution in [0.15, 0.2) is 18.2 Å². The van der Waals surface area contributed by atoms with Crippen LogP contribution in [0, 0.1) is 0 Å². The maximum atomic E-state index is 12.0. The topological polar surface area (TPSA) is 34.1 Å². The van der Waals surface area contributed by atoms with Crippen LogP contribution in [-0.2, 0) is 22.1 Å². The minimum Gasteiger partial charge on any atom is -0.229 e. The molecule has 0 aliphatic heterocycles. The van der Waals surface area contributed by atoms with Crippen LogP contribution in [0.2, 0.25) is 0 Å². The van der Waals surface area contributed by atoms with E-state index in [1.165, 1.54) is 11.1 Å². The van der Waals surface area contributed by atoms with Gasteiger partial charge in [-0.3, -0.25) is 0 Å². The highest BCUT2D eigenvalue weighted by atomic mass is 35.5. The Hall–Kier alpha value is -0.540. The summed E-state index contributed by atoms with van der Waals surface area (Å²) in [4.78, 5) is 0. The molecule has 1 aromatic carbocycles. The molecule has 0 bridgehead atoms. The summed E-state index contributed by atoms with van der Waals surface area (Å²) in [7, 11) is -2.97. The molecule has 0 heterocycles. The van der Waals surface area contributed by atoms with Gasteiger partial charge in [-0.25, -0.2) is 8.42 Å². The van der Waals surface area contributed by atoms with Crippen LogP contribution < -0.4 is 0 Å². The van der Waals surface area contributed by atoms with Crippen LogP contribution in [0.3, 0.4) is 0 Å². The number of fused-ring (bicyclic) bond motifs is 1. The Bertz CT molecular complexity index is 535. The van der Waals surface area contributed by atoms with Crippen molar-refractivity contribution < 1.29 is 8.42 Å². The third-order valence-corrected chi connectivity index (χ3v) is 6.33. The molecule has 0 saturated heterocycles. The first-order valence-corrected chi connectivity index (χ1v) is 8.58. The first kappa shape index (κ1) is 13.9. The van der Waals surface area contributed by atoms with E-state index >= 15 is 0 Å². The normalized spacial score (nSPS) is 19.2. The van der Waals surface area contributed by atoms with E-state index in [0.29, 0.717) is 5.88 Å². The zero-order chi connectivity index (χ0) is 13.3. The molecule has 18 heavy (non-hydrogen) atoms. The predicted octanol–water partition coefficient (Wildman–Crippen LogP) is 3.28. The lowest BCUT2D eigenvalue weighted by molar-refractivity contribution is 0.578. The predicted molar refractivity (Wildman–Crippen MR) is 76.0 cm³/mol. The van der Waals surface area contributed by atoms with E-state index < -0.39 is 9.84 Å². The molecule has 1 aliphatic rings. The number of benzene rings is 1. The van der Waals surface area contributed by atoms with Crippen molar-refractivity contribution in [1.82, 2.24) is 0 Å². The highest BCUT2D eigenvalue weighted by Crippen LogP contribution is 2.35. The number of rotatable bonds is 4. The smallest absolute Gasteiger partial charge is 0.153 e. The van der Waals surface area contributed by atoms with Crippen LogP contribution >= 0.6 is 11.6 Å². The highest BCUT2D eigenvalue weighted by molar-refractivity contribution is 7.92. The molecule has 0 radical (unpaired) electrons. The maximum absolute atomic E-state index is 12.0. The van der Waals surface area contributed by atoms with Gasteiger partial charge >= 0.3 is 0 Å². The summed E-state index contributed by atoms with van der Waals surface area (Å²) >= 11 is 5.82. The third-order valence-electron chi connectivity index (χ3n) is 3.72. The summed E-state index contributed by atoms with van der Waals surface area (Å²) in [5, 5.41) is -0.288. The summed E-state index contributed by atoms with van der Waals surface area (Å²) in [6.07, 6.45) is 1.91. The van der Waals surface area contributed by atoms with E-state index in [2.05, 4.69) is 12.1 Å². The lowest BCUT2D eigenvalue weighted by atomic mass is 10.0. The summed E-state index contributed by atoms with van der Waals surface area (Å²) in [6.45, 7) is 3.50. The molecule has 100 valence electrons. The minimum absolute atomic E-state index is 0.164. The Balaban J connectivity index is 2.22. The van der Waals surface area contributed by atoms with E-state index in [1.807, 2.05) is 6.07 Å². The fourth-order valence-corrected chi connectivity index (χ4v) is 3.95. The average molecular weight is 287 g/mol. The van der Waals surface area contributed by atoms with Crippen molar-refractivity contribution in [3.63, 3.8) is 0 Å². The summed E-state index contributed by atoms with van der Waals surface area (Å²) in [5.41, 5.74) is 3.59. The van der Waals surface area contributed by atoms with Crippen molar-refractivity contribution in [3.8, 4) is 0 Å². The quantitative estimate of drug-likeness (QED) is 0.796. The van der Waals surface area contributed by atoms with Gasteiger partial charge in [-0.05, 0) is 49.3 Å². The molecule has 0 N–H and O–H groups in total. The molecule has 0 fully saturated rings. The number of hydrogen-bond acceptors (Lipinski definition) is 2. The Morgan fingerprint density at radius 1 is 1.39 bits per heavy atom. The van der Waals surface area contributed by atoms with Crippen molar-refractivity contribution >= 4 is 21.4 Å². The molecule has 0 amide bonds. The standard InChI is InChI=1S/C14H19ClO2S/c1-10(2)18(16,17)9-13-5-4-12-7-11(8-15)3-6-14(12)13/h3,6-7,10,13H,4-5,8-9H2,1-2H3. The molecule has 1 unspecified atom stereocenters. The van der Waals surface area contributed by atoms with E-state index in [4.69, 9.17) is 11.6 Å². The van der Waals surface area contributed by atoms with Crippen molar-refractivity contribution in [2.75, 3.05) is 5.75 Å². The number of halogens is 1. The van der Waals surface area contributed by atoms with Gasteiger partial charge in [0.1, 0.15) is 0 Å². The zero-order valence-electron chi connectivity index (χ0n) is 10.8. The van der Waals surface area contributed by atoms with E-state index in [9.17, 15) is 8.42 Å². The molecule has 0 aromatic heterocycles. The van der Waals surface area contributed by atoms with Gasteiger partial charge < -0.3 is 0 Å². The van der Waals surface area contributed by atoms with Gasteiger partial charge in [-0.15, -0.1) is 11.6 Å². The Kier molecular flexibility index (Phi) is 4.02. The second kappa shape index (κ2) is 5.22. The van der Waals surface area contributed by atoms with E-state index in [-0.39, 0.29) is 16.9 Å². The minimum atomic E-state index is -2.97. The van der Waals surface area contributed by atoms with E-state index in [1.54, 1.807) is 13.8 Å². The molecular weight excluding hydrogens is 268 g/mol. The molecule has 0 saturated carbocycles. The van der Waals surface area contributed by atoms with Crippen LogP contribution in [0.5, 0.6) is 0 Å². The maximum Gasteiger partial charge on any atom is 0.153 e. The summed E-state index contributed by atoms with van der Waals surface area (Å²) < 4.78 is 24.0. The van der Waals surface area contributed by atoms with Gasteiger partial charge in [0.2, 0.25) is 0 Å². The largest absolute Gasteiger partial charge is 0.229 e. The highest BCUT2D eigenvalue weighted by Gasteiger charge is 2.28. The second-order valence-corrected chi connectivity index (χ2v) is 8.15. The Morgan fingerprint density at radius 3 is 2.72 bits per heavy atom. The molecule has 1 atom stereocenters. The monoisotopic (exact) mass is 286 g/mol. The van der Waals surface area contributed by atoms with Gasteiger partial charge in [-0.1, -0.05) is 18.2 Å². The average Bonchev–Trinajstić information content (AvgIpc) is 2.71. The molecule has 4 heteroatoms. The number of alkyl halides is 1. The van der Waals surface area contributed by atoms with Crippen molar-refractivity contribution in [2.24, 2.45) is 0 Å². The zero-order valence-corrected chi connectivity index (χ0v) is 12.4. The first-order chi connectivity index (χ1) is 8.44. The first-order valence-electron chi connectivity index (χ1n) is 6.33. The number of hydrogen-bond donors (Lipinski definition) is 0. The molecule has 2 rings (SSSR count). The van der Waals surface area contributed by atoms with Crippen molar-refractivity contribution in [2.45, 2.75) is 43.7 Å². The number of aryl methyl sites for hydroxylation is 1. The molecular formula is C14H19ClO2S. The molecule has 0 spiro atoms. The Labute approximate surface area is 114 Å². The van der Waals surface area contributed by atoms with E-state index in [0.717, 1.165) is 18.4 Å². The van der Waals surface area contributed by atoms with Crippen LogP contribution in [0.1, 0.15) is 42.9 Å². The van der Waals surface area contributed by atoms with Gasteiger partial charge in [0.05, 0.1) is 11.0 Å². The van der Waals surface area contributed by atoms with Gasteiger partial charge in [-0.2, -0.15) is 0 Å². The lowest BCUT2D eigenvalue weighted by Crippen LogP contribution is -2.21. The van der Waals surface area contributed by atoms with Gasteiger partial charge in [0, 0.05) is 5.88 Å². The van der Waals surface area contributed by atoms with Crippen LogP contribution in [0.4, 0.5) is 0 Å². The van der Waals surface area contributed by atoms with Crippen molar-refractivity contribution in [1.29, 1.82) is 0 Å². The molecule has 1 aromatic rings. The molecule has 2 nitrogen and oxygen atoms in total. The summed E-state index contributed by atoms with van der Waals surface area (Å²) in [6, 6.07) is 6.18. The third kappa shape index (κ3) is 2.72. The SMILES string of the molecule is CC(C)S(=O)(=O)CC1CCc2cc(CCl)ccc21. The summed E-state index contributed by atoms with van der Waals surface area (Å²) in [5.74, 6) is 0.955. The van der Waals surface area contributed by atoms with Gasteiger partial charge in [0.15, 0.2) is 9.84 Å². The molecule has 1 aliphatic carbocycles. The van der Waals surface area contributed by atoms with Crippen molar-refractivity contribution in [3.05, 3.63) is 34.9 Å². The second-order valence-electron chi connectivity index (χ2n) is 5.28.